The Kier molecular flexibility index (Phi) is 7.61. The highest BCUT2D eigenvalue weighted by atomic mass is 14.7. The zero-order valence-corrected chi connectivity index (χ0v) is 18.2. The summed E-state index contributed by atoms with van der Waals surface area (Å²) in [6.07, 6.45) is 13.3. The fraction of sp³-hybridized carbons (Fsp3) is 0.148. The lowest BCUT2D eigenvalue weighted by atomic mass is 10.0. The Morgan fingerprint density at radius 3 is 2.07 bits per heavy atom. The van der Waals surface area contributed by atoms with Crippen molar-refractivity contribution in [3.63, 3.8) is 0 Å². The summed E-state index contributed by atoms with van der Waals surface area (Å²) >= 11 is 0. The van der Waals surface area contributed by atoms with Crippen LogP contribution in [0.15, 0.2) is 113 Å². The van der Waals surface area contributed by atoms with Gasteiger partial charge in [0.2, 0.25) is 0 Å². The van der Waals surface area contributed by atoms with E-state index in [1.54, 1.807) is 6.08 Å². The van der Waals surface area contributed by atoms with Gasteiger partial charge in [-0.05, 0) is 44.4 Å². The summed E-state index contributed by atoms with van der Waals surface area (Å²) in [5.41, 5.74) is 21.0. The maximum Gasteiger partial charge on any atom is 0.100 e. The quantitative estimate of drug-likeness (QED) is 0.463. The molecule has 1 aliphatic rings. The summed E-state index contributed by atoms with van der Waals surface area (Å²) < 4.78 is 0. The van der Waals surface area contributed by atoms with Crippen LogP contribution >= 0.6 is 0 Å². The van der Waals surface area contributed by atoms with Gasteiger partial charge in [0.15, 0.2) is 0 Å². The number of nitrogens with zero attached hydrogens (tertiary/aromatic N) is 1. The summed E-state index contributed by atoms with van der Waals surface area (Å²) in [4.78, 5) is 0. The molecular weight excluding hydrogens is 366 g/mol. The number of rotatable bonds is 6. The number of allylic oxidation sites excluding steroid dienone is 11. The summed E-state index contributed by atoms with van der Waals surface area (Å²) in [5, 5.41) is 10.0. The van der Waals surface area contributed by atoms with Gasteiger partial charge in [-0.15, -0.1) is 0 Å². The highest BCUT2D eigenvalue weighted by molar-refractivity contribution is 5.99. The molecule has 0 aromatic heterocycles. The fourth-order valence-electron chi connectivity index (χ4n) is 3.39. The number of nitriles is 1. The zero-order chi connectivity index (χ0) is 22.3. The maximum atomic E-state index is 10.0. The lowest BCUT2D eigenvalue weighted by molar-refractivity contribution is 1.31. The molecule has 3 heteroatoms. The van der Waals surface area contributed by atoms with E-state index in [1.165, 1.54) is 0 Å². The standard InChI is InChI=1S/C27H29N3/c1-6-11-19(9-4)26(29)24-23(22(17-28)21-15-10-14-18(5)16-21)25(24)27(30)20(12-7-2)13-8-3/h6-16H,2,29-30H2,1,3-5H3/b11-6-,13-8-,19-9?,20-12+,23-22?,26-24+,27-25-. The monoisotopic (exact) mass is 395 g/mol. The molecule has 3 nitrogen and oxygen atoms in total. The van der Waals surface area contributed by atoms with Gasteiger partial charge in [-0.3, -0.25) is 0 Å². The smallest absolute Gasteiger partial charge is 0.100 e. The van der Waals surface area contributed by atoms with Crippen molar-refractivity contribution >= 4 is 5.57 Å². The van der Waals surface area contributed by atoms with E-state index in [0.717, 1.165) is 39.0 Å². The molecule has 1 saturated carbocycles. The van der Waals surface area contributed by atoms with Crippen LogP contribution in [-0.2, 0) is 0 Å². The van der Waals surface area contributed by atoms with Crippen molar-refractivity contribution < 1.29 is 0 Å². The molecule has 1 aliphatic carbocycles. The van der Waals surface area contributed by atoms with Gasteiger partial charge in [-0.1, -0.05) is 78.9 Å². The minimum Gasteiger partial charge on any atom is -0.398 e. The number of aryl methyl sites for hydroxylation is 1. The van der Waals surface area contributed by atoms with E-state index in [2.05, 4.69) is 12.6 Å². The second kappa shape index (κ2) is 10.1. The summed E-state index contributed by atoms with van der Waals surface area (Å²) in [5.74, 6) is 0. The maximum absolute atomic E-state index is 10.0. The molecule has 0 saturated heterocycles. The molecule has 152 valence electrons. The van der Waals surface area contributed by atoms with Crippen molar-refractivity contribution in [1.29, 1.82) is 5.26 Å². The molecule has 0 aliphatic heterocycles. The fourth-order valence-corrected chi connectivity index (χ4v) is 3.39. The van der Waals surface area contributed by atoms with Gasteiger partial charge >= 0.3 is 0 Å². The molecule has 0 atom stereocenters. The molecule has 1 aromatic rings. The van der Waals surface area contributed by atoms with Gasteiger partial charge in [-0.2, -0.15) is 5.26 Å². The van der Waals surface area contributed by atoms with E-state index in [4.69, 9.17) is 11.5 Å². The van der Waals surface area contributed by atoms with Crippen LogP contribution in [0, 0.1) is 18.3 Å². The molecule has 0 unspecified atom stereocenters. The molecule has 0 radical (unpaired) electrons. The Morgan fingerprint density at radius 1 is 0.967 bits per heavy atom. The van der Waals surface area contributed by atoms with Gasteiger partial charge in [0.05, 0.1) is 5.57 Å². The Labute approximate surface area is 180 Å². The molecule has 0 heterocycles. The molecule has 1 fully saturated rings. The van der Waals surface area contributed by atoms with E-state index in [1.807, 2.05) is 88.4 Å². The molecule has 0 amide bonds. The third-order valence-electron chi connectivity index (χ3n) is 4.82. The SMILES string of the molecule is C=C/C=C(\C=C/C)C(/N)=C1\C(=C(C#N)c2cccc(C)c2)\C1=C(/N)C(=CC)/C=C\C. The van der Waals surface area contributed by atoms with Gasteiger partial charge in [0, 0.05) is 28.1 Å². The van der Waals surface area contributed by atoms with Gasteiger partial charge in [-0.25, -0.2) is 0 Å². The van der Waals surface area contributed by atoms with Crippen LogP contribution in [0.4, 0.5) is 0 Å². The minimum atomic E-state index is 0.573. The number of nitrogens with two attached hydrogens (primary N) is 2. The van der Waals surface area contributed by atoms with Gasteiger partial charge in [0.25, 0.3) is 0 Å². The van der Waals surface area contributed by atoms with E-state index in [9.17, 15) is 5.26 Å². The van der Waals surface area contributed by atoms with Crippen molar-refractivity contribution in [2.24, 2.45) is 11.5 Å². The lowest BCUT2D eigenvalue weighted by Crippen LogP contribution is -2.02. The summed E-state index contributed by atoms with van der Waals surface area (Å²) in [6, 6.07) is 10.3. The topological polar surface area (TPSA) is 75.8 Å². The number of hydrogen-bond acceptors (Lipinski definition) is 3. The first-order valence-corrected chi connectivity index (χ1v) is 9.92. The first-order valence-electron chi connectivity index (χ1n) is 9.92. The predicted molar refractivity (Wildman–Crippen MR) is 128 cm³/mol. The third kappa shape index (κ3) is 4.61. The van der Waals surface area contributed by atoms with Crippen LogP contribution < -0.4 is 11.5 Å². The summed E-state index contributed by atoms with van der Waals surface area (Å²) in [7, 11) is 0. The molecule has 0 spiro atoms. The van der Waals surface area contributed by atoms with Crippen molar-refractivity contribution in [2.75, 3.05) is 0 Å². The lowest BCUT2D eigenvalue weighted by Gasteiger charge is -2.02. The first-order chi connectivity index (χ1) is 14.4. The Balaban J connectivity index is 2.90. The normalized spacial score (nSPS) is 19.7. The van der Waals surface area contributed by atoms with Crippen molar-refractivity contribution in [2.45, 2.75) is 27.7 Å². The van der Waals surface area contributed by atoms with Crippen molar-refractivity contribution in [3.05, 3.63) is 124 Å². The molecule has 4 N–H and O–H groups in total. The minimum absolute atomic E-state index is 0.573. The molecule has 0 bridgehead atoms. The predicted octanol–water partition coefficient (Wildman–Crippen LogP) is 5.92. The zero-order valence-electron chi connectivity index (χ0n) is 18.2. The second-order valence-corrected chi connectivity index (χ2v) is 6.91. The van der Waals surface area contributed by atoms with Gasteiger partial charge in [0.1, 0.15) is 6.07 Å². The summed E-state index contributed by atoms with van der Waals surface area (Å²) in [6.45, 7) is 11.6. The number of benzene rings is 1. The highest BCUT2D eigenvalue weighted by Gasteiger charge is 2.40. The van der Waals surface area contributed by atoms with Crippen molar-refractivity contribution in [1.82, 2.24) is 0 Å². The Morgan fingerprint density at radius 2 is 1.57 bits per heavy atom. The molecular formula is C27H29N3. The molecule has 30 heavy (non-hydrogen) atoms. The third-order valence-corrected chi connectivity index (χ3v) is 4.82. The molecule has 1 aromatic carbocycles. The van der Waals surface area contributed by atoms with Crippen LogP contribution in [0.1, 0.15) is 31.9 Å². The average Bonchev–Trinajstić information content (AvgIpc) is 3.46. The van der Waals surface area contributed by atoms with E-state index >= 15 is 0 Å². The van der Waals surface area contributed by atoms with E-state index in [0.29, 0.717) is 17.0 Å². The van der Waals surface area contributed by atoms with Crippen molar-refractivity contribution in [3.8, 4) is 6.07 Å². The Hall–Kier alpha value is -3.77. The molecule has 2 rings (SSSR count). The Bertz CT molecular complexity index is 1110. The van der Waals surface area contributed by atoms with Crippen LogP contribution in [0.2, 0.25) is 0 Å². The van der Waals surface area contributed by atoms with E-state index < -0.39 is 0 Å². The average molecular weight is 396 g/mol. The van der Waals surface area contributed by atoms with Gasteiger partial charge < -0.3 is 11.5 Å². The van der Waals surface area contributed by atoms with Crippen LogP contribution in [-0.4, -0.2) is 0 Å². The van der Waals surface area contributed by atoms with E-state index in [-0.39, 0.29) is 0 Å². The second-order valence-electron chi connectivity index (χ2n) is 6.91. The van der Waals surface area contributed by atoms with Crippen LogP contribution in [0.5, 0.6) is 0 Å². The number of hydrogen-bond donors (Lipinski definition) is 2. The van der Waals surface area contributed by atoms with Crippen LogP contribution in [0.3, 0.4) is 0 Å². The first kappa shape index (κ1) is 22.5. The highest BCUT2D eigenvalue weighted by Crippen LogP contribution is 2.53. The van der Waals surface area contributed by atoms with Crippen LogP contribution in [0.25, 0.3) is 5.57 Å². The largest absolute Gasteiger partial charge is 0.398 e.